The van der Waals surface area contributed by atoms with Gasteiger partial charge in [-0.15, -0.1) is 0 Å². The number of hydrogen-bond donors (Lipinski definition) is 0. The van der Waals surface area contributed by atoms with Crippen molar-refractivity contribution in [2.45, 2.75) is 78.6 Å². The average molecular weight is 1070 g/mol. The van der Waals surface area contributed by atoms with E-state index in [1.807, 2.05) is 6.07 Å². The van der Waals surface area contributed by atoms with Crippen molar-refractivity contribution >= 4 is 96.2 Å². The molecular weight excluding hydrogens is 1010 g/mol. The molecule has 5 heteroatoms. The lowest BCUT2D eigenvalue weighted by molar-refractivity contribution is 0.590. The molecule has 0 bridgehead atoms. The summed E-state index contributed by atoms with van der Waals surface area (Å²) in [5.74, 6) is 0. The van der Waals surface area contributed by atoms with Gasteiger partial charge in [-0.05, 0) is 168 Å². The van der Waals surface area contributed by atoms with Gasteiger partial charge in [0.05, 0.1) is 0 Å². The third-order valence-electron chi connectivity index (χ3n) is 17.3. The molecule has 83 heavy (non-hydrogen) atoms. The molecule has 0 amide bonds. The molecule has 1 aromatic heterocycles. The quantitative estimate of drug-likeness (QED) is 0.141. The Kier molecular flexibility index (Phi) is 12.3. The molecule has 3 heterocycles. The zero-order valence-electron chi connectivity index (χ0n) is 49.0. The summed E-state index contributed by atoms with van der Waals surface area (Å²) < 4.78 is 6.61. The van der Waals surface area contributed by atoms with Gasteiger partial charge in [0, 0.05) is 67.5 Å². The topological polar surface area (TPSA) is 22.9 Å². The molecule has 0 spiro atoms. The van der Waals surface area contributed by atoms with E-state index < -0.39 is 0 Å². The van der Waals surface area contributed by atoms with Gasteiger partial charge in [0.2, 0.25) is 0 Å². The Labute approximate surface area is 490 Å². The summed E-state index contributed by atoms with van der Waals surface area (Å²) in [4.78, 5) is 7.56. The smallest absolute Gasteiger partial charge is 0.252 e. The molecule has 14 rings (SSSR count). The van der Waals surface area contributed by atoms with Crippen LogP contribution in [-0.2, 0) is 16.2 Å². The molecule has 2 aliphatic heterocycles. The maximum Gasteiger partial charge on any atom is 0.252 e. The predicted molar refractivity (Wildman–Crippen MR) is 355 cm³/mol. The number of benzene rings is 11. The highest BCUT2D eigenvalue weighted by Gasteiger charge is 2.45. The van der Waals surface area contributed by atoms with Crippen molar-refractivity contribution < 1.29 is 4.42 Å². The molecule has 0 fully saturated rings. The van der Waals surface area contributed by atoms with Gasteiger partial charge in [-0.25, -0.2) is 0 Å². The van der Waals surface area contributed by atoms with Crippen LogP contribution in [0.3, 0.4) is 0 Å². The van der Waals surface area contributed by atoms with E-state index in [9.17, 15) is 0 Å². The fraction of sp³-hybridized carbons (Fsp3) is 0.154. The number of rotatable bonds is 8. The molecule has 11 aromatic carbocycles. The molecule has 0 N–H and O–H groups in total. The lowest BCUT2D eigenvalue weighted by Gasteiger charge is -2.45. The minimum absolute atomic E-state index is 0.0112. The molecule has 12 aromatic rings. The third kappa shape index (κ3) is 9.11. The zero-order valence-corrected chi connectivity index (χ0v) is 49.0. The second-order valence-electron chi connectivity index (χ2n) is 25.8. The Balaban J connectivity index is 1.02. The van der Waals surface area contributed by atoms with Crippen molar-refractivity contribution in [2.24, 2.45) is 0 Å². The average Bonchev–Trinajstić information content (AvgIpc) is 1.65. The highest BCUT2D eigenvalue weighted by Crippen LogP contribution is 2.49. The molecule has 4 nitrogen and oxygen atoms in total. The summed E-state index contributed by atoms with van der Waals surface area (Å²) in [6.07, 6.45) is 0. The van der Waals surface area contributed by atoms with E-state index in [1.165, 1.54) is 66.7 Å². The van der Waals surface area contributed by atoms with Crippen LogP contribution >= 0.6 is 0 Å². The second-order valence-corrected chi connectivity index (χ2v) is 25.8. The SMILES string of the molecule is CC(C)(C)c1ccc(N(c2ccc(C(C)(C)C)cc2)c2ccc3c(c2)B2c4cc(-c5ccccc5)ccc4N(c4ccc(-c5cccc6c5oc5ccccc56)cc4)c4cc(C(C)(C)C)cc(c42)N3c2ccc(-c3ccccc3)cc2)cc1. The summed E-state index contributed by atoms with van der Waals surface area (Å²) in [6.45, 7) is 20.6. The largest absolute Gasteiger partial charge is 0.455 e. The zero-order chi connectivity index (χ0) is 56.9. The van der Waals surface area contributed by atoms with Gasteiger partial charge in [-0.2, -0.15) is 0 Å². The van der Waals surface area contributed by atoms with E-state index in [1.54, 1.807) is 0 Å². The number of hydrogen-bond acceptors (Lipinski definition) is 4. The van der Waals surface area contributed by atoms with Crippen LogP contribution in [0.1, 0.15) is 79.0 Å². The Morgan fingerprint density at radius 2 is 0.783 bits per heavy atom. The van der Waals surface area contributed by atoms with Crippen LogP contribution < -0.4 is 31.1 Å². The molecule has 0 radical (unpaired) electrons. The van der Waals surface area contributed by atoms with E-state index in [0.717, 1.165) is 72.9 Å². The van der Waals surface area contributed by atoms with Crippen LogP contribution in [0.25, 0.3) is 55.3 Å². The fourth-order valence-corrected chi connectivity index (χ4v) is 12.8. The Morgan fingerprint density at radius 3 is 1.34 bits per heavy atom. The van der Waals surface area contributed by atoms with Crippen molar-refractivity contribution in [3.63, 3.8) is 0 Å². The monoisotopic (exact) mass is 1070 g/mol. The van der Waals surface area contributed by atoms with Gasteiger partial charge < -0.3 is 19.1 Å². The molecule has 2 aliphatic rings. The van der Waals surface area contributed by atoms with Crippen molar-refractivity contribution in [1.29, 1.82) is 0 Å². The van der Waals surface area contributed by atoms with Crippen molar-refractivity contribution in [3.8, 4) is 33.4 Å². The highest BCUT2D eigenvalue weighted by atomic mass is 16.3. The maximum atomic E-state index is 6.61. The Bertz CT molecular complexity index is 4350. The van der Waals surface area contributed by atoms with Crippen LogP contribution in [0.4, 0.5) is 51.2 Å². The summed E-state index contributed by atoms with van der Waals surface area (Å²) in [5.41, 5.74) is 26.5. The van der Waals surface area contributed by atoms with Crippen LogP contribution in [0, 0.1) is 0 Å². The minimum atomic E-state index is -0.183. The number of fused-ring (bicyclic) bond motifs is 7. The van der Waals surface area contributed by atoms with Crippen molar-refractivity contribution in [3.05, 3.63) is 265 Å². The molecule has 0 saturated carbocycles. The standard InChI is InChI=1S/C78H68BN3O/c1-76(2,3)56-32-40-59(41-33-56)80(60-42-34-57(35-43-60)77(4,5)6)63-44-46-70-68(50-63)79-67-47-55(52-21-14-11-15-22-52)31-45-69(67)81(62-38-29-54(30-39-62)64-24-18-25-66-65-23-16-17-26-73(65)83-75(64)66)71-48-58(78(7,8)9)49-72(74(71)79)82(70)61-36-27-53(28-37-61)51-19-12-10-13-20-51/h10-50H,1-9H3. The number of para-hydroxylation sites is 2. The normalized spacial score (nSPS) is 13.0. The summed E-state index contributed by atoms with van der Waals surface area (Å²) >= 11 is 0. The molecule has 404 valence electrons. The minimum Gasteiger partial charge on any atom is -0.455 e. The molecule has 0 saturated heterocycles. The molecule has 0 atom stereocenters. The van der Waals surface area contributed by atoms with Gasteiger partial charge in [-0.1, -0.05) is 220 Å². The van der Waals surface area contributed by atoms with Crippen molar-refractivity contribution in [2.75, 3.05) is 14.7 Å². The lowest BCUT2D eigenvalue weighted by atomic mass is 9.33. The summed E-state index contributed by atoms with van der Waals surface area (Å²) in [5, 5.41) is 2.26. The third-order valence-corrected chi connectivity index (χ3v) is 17.3. The fourth-order valence-electron chi connectivity index (χ4n) is 12.8. The van der Waals surface area contributed by atoms with E-state index >= 15 is 0 Å². The number of nitrogens with zero attached hydrogens (tertiary/aromatic N) is 3. The molecule has 0 aliphatic carbocycles. The first-order valence-corrected chi connectivity index (χ1v) is 29.3. The summed E-state index contributed by atoms with van der Waals surface area (Å²) in [7, 11) is 0. The number of furan rings is 1. The van der Waals surface area contributed by atoms with Crippen LogP contribution in [-0.4, -0.2) is 6.71 Å². The van der Waals surface area contributed by atoms with Crippen molar-refractivity contribution in [1.82, 2.24) is 0 Å². The van der Waals surface area contributed by atoms with Gasteiger partial charge in [0.15, 0.2) is 0 Å². The van der Waals surface area contributed by atoms with Crippen LogP contribution in [0.2, 0.25) is 0 Å². The van der Waals surface area contributed by atoms with E-state index in [0.29, 0.717) is 0 Å². The van der Waals surface area contributed by atoms with Crippen LogP contribution in [0.15, 0.2) is 253 Å². The number of anilines is 9. The van der Waals surface area contributed by atoms with E-state index in [4.69, 9.17) is 4.42 Å². The highest BCUT2D eigenvalue weighted by molar-refractivity contribution is 7.00. The predicted octanol–water partition coefficient (Wildman–Crippen LogP) is 20.0. The second kappa shape index (κ2) is 19.7. The first-order chi connectivity index (χ1) is 40.0. The van der Waals surface area contributed by atoms with Gasteiger partial charge in [-0.3, -0.25) is 0 Å². The van der Waals surface area contributed by atoms with E-state index in [2.05, 4.69) is 320 Å². The lowest BCUT2D eigenvalue weighted by Crippen LogP contribution is -2.61. The van der Waals surface area contributed by atoms with Gasteiger partial charge in [0.1, 0.15) is 11.2 Å². The molecule has 0 unspecified atom stereocenters. The maximum absolute atomic E-state index is 6.61. The van der Waals surface area contributed by atoms with Gasteiger partial charge in [0.25, 0.3) is 6.71 Å². The Morgan fingerprint density at radius 1 is 0.337 bits per heavy atom. The summed E-state index contributed by atoms with van der Waals surface area (Å²) in [6, 6.07) is 92.7. The molecular formula is C78H68BN3O. The Hall–Kier alpha value is -9.32. The first-order valence-electron chi connectivity index (χ1n) is 29.3. The van der Waals surface area contributed by atoms with Gasteiger partial charge >= 0.3 is 0 Å². The van der Waals surface area contributed by atoms with Crippen LogP contribution in [0.5, 0.6) is 0 Å². The van der Waals surface area contributed by atoms with E-state index in [-0.39, 0.29) is 23.0 Å². The first kappa shape index (κ1) is 51.8.